The van der Waals surface area contributed by atoms with Crippen LogP contribution in [0.1, 0.15) is 16.9 Å². The number of nitrogens with one attached hydrogen (secondary N) is 1. The van der Waals surface area contributed by atoms with Gasteiger partial charge in [0.2, 0.25) is 5.91 Å². The molecule has 2 aromatic heterocycles. The van der Waals surface area contributed by atoms with Crippen molar-refractivity contribution in [2.24, 2.45) is 0 Å². The topological polar surface area (TPSA) is 75.1 Å². The van der Waals surface area contributed by atoms with Crippen LogP contribution in [0.15, 0.2) is 35.6 Å². The van der Waals surface area contributed by atoms with Crippen LogP contribution in [-0.2, 0) is 17.6 Å². The van der Waals surface area contributed by atoms with E-state index in [1.54, 1.807) is 35.9 Å². The maximum Gasteiger partial charge on any atom is 0.234 e. The number of hydrogen-bond acceptors (Lipinski definition) is 6. The predicted octanol–water partition coefficient (Wildman–Crippen LogP) is 3.62. The number of amides is 1. The molecule has 7 heteroatoms. The molecule has 4 rings (SSSR count). The summed E-state index contributed by atoms with van der Waals surface area (Å²) in [6.07, 6.45) is 4.96. The Morgan fingerprint density at radius 2 is 2.25 bits per heavy atom. The Balaban J connectivity index is 1.50. The number of hydrogen-bond donors (Lipinski definition) is 2. The molecule has 0 fully saturated rings. The molecule has 0 spiro atoms. The summed E-state index contributed by atoms with van der Waals surface area (Å²) in [5.74, 6) is 0.280. The smallest absolute Gasteiger partial charge is 0.234 e. The number of carbonyl (C=O) groups excluding carboxylic acids is 1. The van der Waals surface area contributed by atoms with E-state index in [4.69, 9.17) is 0 Å². The molecular weight excluding hydrogens is 342 g/mol. The largest absolute Gasteiger partial charge is 0.508 e. The van der Waals surface area contributed by atoms with Crippen LogP contribution < -0.4 is 5.32 Å². The summed E-state index contributed by atoms with van der Waals surface area (Å²) in [5.41, 5.74) is 1.95. The van der Waals surface area contributed by atoms with Gasteiger partial charge in [0, 0.05) is 22.0 Å². The van der Waals surface area contributed by atoms with Crippen molar-refractivity contribution >= 4 is 44.9 Å². The third kappa shape index (κ3) is 2.97. The fourth-order valence-corrected chi connectivity index (χ4v) is 5.04. The molecule has 0 unspecified atom stereocenters. The van der Waals surface area contributed by atoms with E-state index in [9.17, 15) is 9.90 Å². The Bertz CT molecular complexity index is 923. The predicted molar refractivity (Wildman–Crippen MR) is 96.9 cm³/mol. The van der Waals surface area contributed by atoms with Gasteiger partial charge < -0.3 is 10.4 Å². The molecule has 0 bridgehead atoms. The SMILES string of the molecule is O=C(CSc1ncnc2sc3c(c12)CCC3)Nc1cccc(O)c1. The number of thioether (sulfide) groups is 1. The number of aryl methyl sites for hydroxylation is 2. The van der Waals surface area contributed by atoms with Gasteiger partial charge in [-0.25, -0.2) is 9.97 Å². The van der Waals surface area contributed by atoms with Crippen LogP contribution in [0.25, 0.3) is 10.2 Å². The second-order valence-corrected chi connectivity index (χ2v) is 7.65. The van der Waals surface area contributed by atoms with Gasteiger partial charge in [0.15, 0.2) is 0 Å². The molecule has 0 radical (unpaired) electrons. The minimum atomic E-state index is -0.121. The lowest BCUT2D eigenvalue weighted by Crippen LogP contribution is -2.14. The van der Waals surface area contributed by atoms with Crippen molar-refractivity contribution in [2.75, 3.05) is 11.1 Å². The summed E-state index contributed by atoms with van der Waals surface area (Å²) in [5, 5.41) is 14.2. The molecule has 1 amide bonds. The molecule has 0 atom stereocenters. The Kier molecular flexibility index (Phi) is 4.12. The van der Waals surface area contributed by atoms with E-state index in [0.717, 1.165) is 28.1 Å². The van der Waals surface area contributed by atoms with Crippen LogP contribution in [-0.4, -0.2) is 26.7 Å². The molecule has 0 aliphatic heterocycles. The molecule has 24 heavy (non-hydrogen) atoms. The van der Waals surface area contributed by atoms with Gasteiger partial charge in [-0.05, 0) is 37.0 Å². The zero-order valence-corrected chi connectivity index (χ0v) is 14.4. The lowest BCUT2D eigenvalue weighted by atomic mass is 10.2. The highest BCUT2D eigenvalue weighted by Gasteiger charge is 2.21. The third-order valence-electron chi connectivity index (χ3n) is 3.94. The highest BCUT2D eigenvalue weighted by Crippen LogP contribution is 2.39. The van der Waals surface area contributed by atoms with Crippen molar-refractivity contribution in [3.8, 4) is 5.75 Å². The fourth-order valence-electron chi connectivity index (χ4n) is 2.92. The quantitative estimate of drug-likeness (QED) is 0.551. The van der Waals surface area contributed by atoms with Crippen LogP contribution in [0.3, 0.4) is 0 Å². The summed E-state index contributed by atoms with van der Waals surface area (Å²) in [6.45, 7) is 0. The summed E-state index contributed by atoms with van der Waals surface area (Å²) in [7, 11) is 0. The van der Waals surface area contributed by atoms with E-state index >= 15 is 0 Å². The monoisotopic (exact) mass is 357 g/mol. The average Bonchev–Trinajstić information content (AvgIpc) is 3.13. The Morgan fingerprint density at radius 3 is 3.12 bits per heavy atom. The van der Waals surface area contributed by atoms with Crippen molar-refractivity contribution in [1.82, 2.24) is 9.97 Å². The zero-order chi connectivity index (χ0) is 16.5. The number of benzene rings is 1. The Labute approximate surface area is 147 Å². The summed E-state index contributed by atoms with van der Waals surface area (Å²) in [4.78, 5) is 23.3. The highest BCUT2D eigenvalue weighted by molar-refractivity contribution is 8.00. The number of rotatable bonds is 4. The first-order chi connectivity index (χ1) is 11.7. The lowest BCUT2D eigenvalue weighted by molar-refractivity contribution is -0.113. The van der Waals surface area contributed by atoms with E-state index in [1.807, 2.05) is 0 Å². The summed E-state index contributed by atoms with van der Waals surface area (Å²) >= 11 is 3.18. The molecule has 122 valence electrons. The van der Waals surface area contributed by atoms with Gasteiger partial charge in [0.25, 0.3) is 0 Å². The van der Waals surface area contributed by atoms with E-state index in [2.05, 4.69) is 15.3 Å². The number of phenols is 1. The van der Waals surface area contributed by atoms with E-state index in [1.165, 1.54) is 34.7 Å². The zero-order valence-electron chi connectivity index (χ0n) is 12.8. The second kappa shape index (κ2) is 6.41. The van der Waals surface area contributed by atoms with Crippen molar-refractivity contribution in [3.63, 3.8) is 0 Å². The molecule has 1 aromatic carbocycles. The molecule has 5 nitrogen and oxygen atoms in total. The summed E-state index contributed by atoms with van der Waals surface area (Å²) in [6, 6.07) is 6.54. The maximum atomic E-state index is 12.2. The minimum Gasteiger partial charge on any atom is -0.508 e. The number of fused-ring (bicyclic) bond motifs is 3. The van der Waals surface area contributed by atoms with Crippen molar-refractivity contribution in [2.45, 2.75) is 24.3 Å². The molecule has 2 N–H and O–H groups in total. The van der Waals surface area contributed by atoms with Crippen LogP contribution >= 0.6 is 23.1 Å². The molecular formula is C17H15N3O2S2. The van der Waals surface area contributed by atoms with Crippen molar-refractivity contribution < 1.29 is 9.90 Å². The maximum absolute atomic E-state index is 12.2. The van der Waals surface area contributed by atoms with Gasteiger partial charge in [-0.15, -0.1) is 11.3 Å². The van der Waals surface area contributed by atoms with Gasteiger partial charge in [0.1, 0.15) is 21.9 Å². The first-order valence-electron chi connectivity index (χ1n) is 7.67. The second-order valence-electron chi connectivity index (χ2n) is 5.60. The van der Waals surface area contributed by atoms with Crippen molar-refractivity contribution in [3.05, 3.63) is 41.0 Å². The number of phenolic OH excluding ortho intramolecular Hbond substituents is 1. The summed E-state index contributed by atoms with van der Waals surface area (Å²) < 4.78 is 0. The van der Waals surface area contributed by atoms with Gasteiger partial charge >= 0.3 is 0 Å². The van der Waals surface area contributed by atoms with Gasteiger partial charge in [-0.1, -0.05) is 17.8 Å². The highest BCUT2D eigenvalue weighted by atomic mass is 32.2. The molecule has 0 saturated heterocycles. The Hall–Kier alpha value is -2.12. The number of thiophene rings is 1. The van der Waals surface area contributed by atoms with Crippen molar-refractivity contribution in [1.29, 1.82) is 0 Å². The van der Waals surface area contributed by atoms with Crippen LogP contribution in [0, 0.1) is 0 Å². The lowest BCUT2D eigenvalue weighted by Gasteiger charge is -2.06. The third-order valence-corrected chi connectivity index (χ3v) is 6.13. The van der Waals surface area contributed by atoms with E-state index < -0.39 is 0 Å². The van der Waals surface area contributed by atoms with Crippen LogP contribution in [0.5, 0.6) is 5.75 Å². The standard InChI is InChI=1S/C17H15N3O2S2/c21-11-4-1-3-10(7-11)20-14(22)8-23-16-15-12-5-2-6-13(12)24-17(15)19-9-18-16/h1,3-4,7,9,21H,2,5-6,8H2,(H,20,22). The van der Waals surface area contributed by atoms with Gasteiger partial charge in [-0.3, -0.25) is 4.79 Å². The van der Waals surface area contributed by atoms with E-state index in [-0.39, 0.29) is 17.4 Å². The molecule has 3 aromatic rings. The number of aromatic nitrogens is 2. The first-order valence-corrected chi connectivity index (χ1v) is 9.48. The Morgan fingerprint density at radius 1 is 1.33 bits per heavy atom. The number of carbonyl (C=O) groups is 1. The average molecular weight is 357 g/mol. The molecule has 0 saturated carbocycles. The molecule has 1 aliphatic carbocycles. The number of nitrogens with zero attached hydrogens (tertiary/aromatic N) is 2. The number of anilines is 1. The van der Waals surface area contributed by atoms with Crippen LogP contribution in [0.4, 0.5) is 5.69 Å². The number of aromatic hydroxyl groups is 1. The van der Waals surface area contributed by atoms with Crippen LogP contribution in [0.2, 0.25) is 0 Å². The minimum absolute atomic E-state index is 0.121. The fraction of sp³-hybridized carbons (Fsp3) is 0.235. The van der Waals surface area contributed by atoms with E-state index in [0.29, 0.717) is 5.69 Å². The molecule has 2 heterocycles. The van der Waals surface area contributed by atoms with Gasteiger partial charge in [-0.2, -0.15) is 0 Å². The normalized spacial score (nSPS) is 13.2. The molecule has 1 aliphatic rings. The van der Waals surface area contributed by atoms with Gasteiger partial charge in [0.05, 0.1) is 5.75 Å². The first kappa shape index (κ1) is 15.4.